The van der Waals surface area contributed by atoms with Crippen molar-refractivity contribution in [2.24, 2.45) is 5.92 Å². The number of aliphatic hydroxyl groups excluding tert-OH is 1. The average molecular weight is 445 g/mol. The van der Waals surface area contributed by atoms with Gasteiger partial charge >= 0.3 is 5.97 Å². The number of aliphatic hydroxyl groups is 1. The van der Waals surface area contributed by atoms with E-state index in [1.165, 1.54) is 13.3 Å². The van der Waals surface area contributed by atoms with Gasteiger partial charge in [-0.25, -0.2) is 4.79 Å². The first kappa shape index (κ1) is 22.8. The maximum absolute atomic E-state index is 12.9. The zero-order valence-corrected chi connectivity index (χ0v) is 18.4. The Morgan fingerprint density at radius 2 is 1.90 bits per heavy atom. The van der Waals surface area contributed by atoms with Crippen molar-refractivity contribution in [1.29, 1.82) is 0 Å². The Labute approximate surface area is 184 Å². The Kier molecular flexibility index (Phi) is 6.97. The van der Waals surface area contributed by atoms with Crippen LogP contribution in [0.25, 0.3) is 11.0 Å². The summed E-state index contributed by atoms with van der Waals surface area (Å²) in [6.07, 6.45) is 2.35. The summed E-state index contributed by atoms with van der Waals surface area (Å²) >= 11 is 6.25. The molecule has 0 aliphatic carbocycles. The molecule has 0 saturated carbocycles. The lowest BCUT2D eigenvalue weighted by Gasteiger charge is -2.24. The van der Waals surface area contributed by atoms with Gasteiger partial charge in [0.1, 0.15) is 11.2 Å². The topological polar surface area (TPSA) is 102 Å². The molecule has 2 N–H and O–H groups in total. The fourth-order valence-electron chi connectivity index (χ4n) is 3.65. The number of benzene rings is 1. The fraction of sp³-hybridized carbons (Fsp3) is 0.348. The second-order valence-electron chi connectivity index (χ2n) is 7.70. The number of hydrogen-bond acceptors (Lipinski definition) is 5. The number of ether oxygens (including phenoxy) is 1. The van der Waals surface area contributed by atoms with Crippen LogP contribution in [0.5, 0.6) is 5.88 Å². The van der Waals surface area contributed by atoms with Crippen LogP contribution in [0, 0.1) is 5.92 Å². The number of aryl methyl sites for hydroxylation is 2. The van der Waals surface area contributed by atoms with Crippen molar-refractivity contribution in [3.05, 3.63) is 68.5 Å². The molecule has 2 heterocycles. The highest BCUT2D eigenvalue weighted by molar-refractivity contribution is 6.31. The van der Waals surface area contributed by atoms with Crippen molar-refractivity contribution < 1.29 is 19.7 Å². The Morgan fingerprint density at radius 1 is 1.23 bits per heavy atom. The van der Waals surface area contributed by atoms with E-state index in [9.17, 15) is 19.8 Å². The number of nitrogens with zero attached hydrogens (tertiary/aromatic N) is 2. The van der Waals surface area contributed by atoms with Crippen LogP contribution in [0.4, 0.5) is 0 Å². The van der Waals surface area contributed by atoms with E-state index >= 15 is 0 Å². The number of carbonyl (C=O) groups is 1. The molecule has 0 radical (unpaired) electrons. The summed E-state index contributed by atoms with van der Waals surface area (Å²) in [6.45, 7) is 3.58. The number of hydrogen-bond donors (Lipinski definition) is 2. The largest absolute Gasteiger partial charge is 0.481 e. The lowest BCUT2D eigenvalue weighted by atomic mass is 10.0. The zero-order valence-electron chi connectivity index (χ0n) is 17.6. The van der Waals surface area contributed by atoms with E-state index in [1.807, 2.05) is 38.1 Å². The molecular formula is C23H25ClN2O5. The summed E-state index contributed by atoms with van der Waals surface area (Å²) in [5.41, 5.74) is 0.916. The van der Waals surface area contributed by atoms with Gasteiger partial charge in [0.25, 0.3) is 0 Å². The molecule has 1 atom stereocenters. The number of carboxylic acid groups (broad SMARTS) is 1. The number of aromatic nitrogens is 2. The molecular weight excluding hydrogens is 420 g/mol. The standard InChI is InChI=1S/C23H25ClN2O5/c1-13(2)19(12-27)26-11-17(23(29)30)20(28)16-10-15(22(31-3)25-21(16)26)9-8-14-6-4-5-7-18(14)24/h4-7,10-11,13,19,27H,8-9,12H2,1-3H3,(H,29,30)/t19-/m1/s1. The van der Waals surface area contributed by atoms with Crippen molar-refractivity contribution in [3.63, 3.8) is 0 Å². The second kappa shape index (κ2) is 9.49. The lowest BCUT2D eigenvalue weighted by Crippen LogP contribution is -2.26. The molecule has 7 nitrogen and oxygen atoms in total. The first-order valence-electron chi connectivity index (χ1n) is 9.98. The quantitative estimate of drug-likeness (QED) is 0.549. The molecule has 0 fully saturated rings. The zero-order chi connectivity index (χ0) is 22.7. The number of pyridine rings is 2. The highest BCUT2D eigenvalue weighted by Crippen LogP contribution is 2.27. The van der Waals surface area contributed by atoms with E-state index in [0.29, 0.717) is 29.3 Å². The van der Waals surface area contributed by atoms with Gasteiger partial charge in [-0.05, 0) is 36.5 Å². The molecule has 0 bridgehead atoms. The second-order valence-corrected chi connectivity index (χ2v) is 8.10. The van der Waals surface area contributed by atoms with E-state index in [0.717, 1.165) is 5.56 Å². The molecule has 3 aromatic rings. The minimum atomic E-state index is -1.32. The smallest absolute Gasteiger partial charge is 0.341 e. The Bertz CT molecular complexity index is 1170. The number of methoxy groups -OCH3 is 1. The molecule has 0 amide bonds. The minimum absolute atomic E-state index is 0.0231. The maximum atomic E-state index is 12.9. The predicted octanol–water partition coefficient (Wildman–Crippen LogP) is 3.73. The minimum Gasteiger partial charge on any atom is -0.481 e. The highest BCUT2D eigenvalue weighted by Gasteiger charge is 2.23. The Morgan fingerprint density at radius 3 is 2.48 bits per heavy atom. The van der Waals surface area contributed by atoms with Gasteiger partial charge < -0.3 is 19.5 Å². The van der Waals surface area contributed by atoms with Gasteiger partial charge in [-0.15, -0.1) is 0 Å². The number of aromatic carboxylic acids is 1. The first-order chi connectivity index (χ1) is 14.8. The van der Waals surface area contributed by atoms with Crippen molar-refractivity contribution in [3.8, 4) is 5.88 Å². The summed E-state index contributed by atoms with van der Waals surface area (Å²) in [5, 5.41) is 20.3. The van der Waals surface area contributed by atoms with Crippen LogP contribution in [-0.2, 0) is 12.8 Å². The summed E-state index contributed by atoms with van der Waals surface area (Å²) < 4.78 is 7.04. The van der Waals surface area contributed by atoms with E-state index in [1.54, 1.807) is 10.6 Å². The molecule has 164 valence electrons. The molecule has 31 heavy (non-hydrogen) atoms. The van der Waals surface area contributed by atoms with Crippen LogP contribution < -0.4 is 10.2 Å². The van der Waals surface area contributed by atoms with Gasteiger partial charge in [0.15, 0.2) is 0 Å². The van der Waals surface area contributed by atoms with E-state index < -0.39 is 17.4 Å². The van der Waals surface area contributed by atoms with Gasteiger partial charge in [-0.3, -0.25) is 4.79 Å². The molecule has 3 rings (SSSR count). The SMILES string of the molecule is COc1nc2c(cc1CCc1ccccc1Cl)c(=O)c(C(=O)O)cn2[C@H](CO)C(C)C. The van der Waals surface area contributed by atoms with E-state index in [4.69, 9.17) is 16.3 Å². The van der Waals surface area contributed by atoms with Crippen LogP contribution in [0.2, 0.25) is 5.02 Å². The van der Waals surface area contributed by atoms with Crippen molar-refractivity contribution in [2.75, 3.05) is 13.7 Å². The van der Waals surface area contributed by atoms with Crippen LogP contribution >= 0.6 is 11.6 Å². The molecule has 1 aromatic carbocycles. The normalized spacial score (nSPS) is 12.3. The van der Waals surface area contributed by atoms with Crippen LogP contribution in [0.1, 0.15) is 41.4 Å². The summed E-state index contributed by atoms with van der Waals surface area (Å²) in [4.78, 5) is 29.2. The lowest BCUT2D eigenvalue weighted by molar-refractivity contribution is 0.0694. The third-order valence-corrected chi connectivity index (χ3v) is 5.77. The van der Waals surface area contributed by atoms with Crippen LogP contribution in [-0.4, -0.2) is 39.5 Å². The summed E-state index contributed by atoms with van der Waals surface area (Å²) in [5.74, 6) is -1.00. The maximum Gasteiger partial charge on any atom is 0.341 e. The average Bonchev–Trinajstić information content (AvgIpc) is 2.74. The fourth-order valence-corrected chi connectivity index (χ4v) is 3.88. The first-order valence-corrected chi connectivity index (χ1v) is 10.4. The highest BCUT2D eigenvalue weighted by atomic mass is 35.5. The molecule has 2 aromatic heterocycles. The summed E-state index contributed by atoms with van der Waals surface area (Å²) in [6, 6.07) is 8.67. The van der Waals surface area contributed by atoms with E-state index in [-0.39, 0.29) is 29.1 Å². The molecule has 0 aliphatic rings. The predicted molar refractivity (Wildman–Crippen MR) is 119 cm³/mol. The molecule has 0 saturated heterocycles. The molecule has 0 spiro atoms. The number of halogens is 1. The van der Waals surface area contributed by atoms with Crippen LogP contribution in [0.3, 0.4) is 0 Å². The third kappa shape index (κ3) is 4.57. The van der Waals surface area contributed by atoms with Gasteiger partial charge in [0.05, 0.1) is 25.1 Å². The molecule has 0 aliphatic heterocycles. The van der Waals surface area contributed by atoms with Crippen LogP contribution in [0.15, 0.2) is 41.3 Å². The Balaban J connectivity index is 2.20. The molecule has 0 unspecified atom stereocenters. The number of fused-ring (bicyclic) bond motifs is 1. The monoisotopic (exact) mass is 444 g/mol. The molecule has 8 heteroatoms. The van der Waals surface area contributed by atoms with Gasteiger partial charge in [0.2, 0.25) is 11.3 Å². The van der Waals surface area contributed by atoms with Gasteiger partial charge in [0, 0.05) is 16.8 Å². The summed E-state index contributed by atoms with van der Waals surface area (Å²) in [7, 11) is 1.49. The van der Waals surface area contributed by atoms with Gasteiger partial charge in [-0.2, -0.15) is 4.98 Å². The van der Waals surface area contributed by atoms with Crippen molar-refractivity contribution >= 4 is 28.6 Å². The van der Waals surface area contributed by atoms with Gasteiger partial charge in [-0.1, -0.05) is 43.6 Å². The van der Waals surface area contributed by atoms with Crippen molar-refractivity contribution in [2.45, 2.75) is 32.7 Å². The van der Waals surface area contributed by atoms with E-state index in [2.05, 4.69) is 4.98 Å². The Hall–Kier alpha value is -2.90. The third-order valence-electron chi connectivity index (χ3n) is 5.40. The number of carboxylic acids is 1. The number of rotatable bonds is 8. The van der Waals surface area contributed by atoms with Crippen molar-refractivity contribution in [1.82, 2.24) is 9.55 Å².